The number of hydrogen-bond donors (Lipinski definition) is 0. The van der Waals surface area contributed by atoms with Gasteiger partial charge in [-0.1, -0.05) is 6.07 Å². The number of carbonyl (C=O) groups is 2. The zero-order valence-electron chi connectivity index (χ0n) is 12.5. The first-order valence-electron chi connectivity index (χ1n) is 6.56. The zero-order valence-corrected chi connectivity index (χ0v) is 13.3. The number of Topliss-reactive ketones (excluding diaryl/α,β-unsaturated/α-hetero) is 1. The molecule has 0 atom stereocenters. The van der Waals surface area contributed by atoms with Crippen molar-refractivity contribution in [3.05, 3.63) is 50.5 Å². The number of hydrogen-bond acceptors (Lipinski definition) is 5. The molecule has 1 heterocycles. The number of aryl methyl sites for hydroxylation is 2. The number of carbonyl (C=O) groups excluding carboxylic acids is 2. The molecule has 0 amide bonds. The van der Waals surface area contributed by atoms with Crippen LogP contribution in [0.2, 0.25) is 0 Å². The van der Waals surface area contributed by atoms with Crippen LogP contribution in [-0.2, 0) is 11.2 Å². The van der Waals surface area contributed by atoms with Gasteiger partial charge in [0.25, 0.3) is 0 Å². The molecular formula is C16H17NO3S. The molecule has 21 heavy (non-hydrogen) atoms. The molecule has 5 heteroatoms. The molecule has 0 aliphatic heterocycles. The molecule has 1 aromatic heterocycles. The fourth-order valence-corrected chi connectivity index (χ4v) is 2.86. The van der Waals surface area contributed by atoms with E-state index >= 15 is 0 Å². The standard InChI is InChI=1S/C16H17NO3S/c1-9-5-6-12(16(19)20-4)13(11(9)3)7-14(18)15-17-10(2)8-21-15/h5-6,8H,7H2,1-4H3. The number of rotatable bonds is 4. The van der Waals surface area contributed by atoms with Crippen molar-refractivity contribution in [2.75, 3.05) is 7.11 Å². The third-order valence-electron chi connectivity index (χ3n) is 3.47. The number of aromatic nitrogens is 1. The number of ketones is 1. The van der Waals surface area contributed by atoms with Crippen LogP contribution in [0.15, 0.2) is 17.5 Å². The summed E-state index contributed by atoms with van der Waals surface area (Å²) in [6.07, 6.45) is 0.158. The molecule has 0 aliphatic rings. The van der Waals surface area contributed by atoms with E-state index in [1.165, 1.54) is 18.4 Å². The van der Waals surface area contributed by atoms with Crippen molar-refractivity contribution in [3.8, 4) is 0 Å². The van der Waals surface area contributed by atoms with Gasteiger partial charge >= 0.3 is 5.97 Å². The second kappa shape index (κ2) is 6.18. The van der Waals surface area contributed by atoms with E-state index in [2.05, 4.69) is 4.98 Å². The van der Waals surface area contributed by atoms with E-state index in [0.29, 0.717) is 10.6 Å². The van der Waals surface area contributed by atoms with E-state index in [9.17, 15) is 9.59 Å². The van der Waals surface area contributed by atoms with Crippen molar-refractivity contribution >= 4 is 23.1 Å². The maximum absolute atomic E-state index is 12.3. The summed E-state index contributed by atoms with van der Waals surface area (Å²) in [6, 6.07) is 3.58. The number of nitrogens with zero attached hydrogens (tertiary/aromatic N) is 1. The highest BCUT2D eigenvalue weighted by Crippen LogP contribution is 2.22. The summed E-state index contributed by atoms with van der Waals surface area (Å²) in [5.74, 6) is -0.497. The van der Waals surface area contributed by atoms with Gasteiger partial charge in [0.05, 0.1) is 12.7 Å². The number of ether oxygens (including phenoxy) is 1. The SMILES string of the molecule is COC(=O)c1ccc(C)c(C)c1CC(=O)c1nc(C)cs1. The van der Waals surface area contributed by atoms with E-state index < -0.39 is 5.97 Å². The minimum Gasteiger partial charge on any atom is -0.465 e. The van der Waals surface area contributed by atoms with Gasteiger partial charge in [-0.05, 0) is 43.5 Å². The second-order valence-electron chi connectivity index (χ2n) is 4.92. The van der Waals surface area contributed by atoms with E-state index in [1.54, 1.807) is 6.07 Å². The number of benzene rings is 1. The topological polar surface area (TPSA) is 56.3 Å². The monoisotopic (exact) mass is 303 g/mol. The first-order chi connectivity index (χ1) is 9.93. The molecule has 4 nitrogen and oxygen atoms in total. The first kappa shape index (κ1) is 15.4. The van der Waals surface area contributed by atoms with E-state index in [4.69, 9.17) is 4.74 Å². The fraction of sp³-hybridized carbons (Fsp3) is 0.312. The predicted octanol–water partition coefficient (Wildman–Crippen LogP) is 3.28. The molecule has 2 rings (SSSR count). The lowest BCUT2D eigenvalue weighted by Gasteiger charge is -2.12. The van der Waals surface area contributed by atoms with Crippen LogP contribution in [0.5, 0.6) is 0 Å². The molecule has 0 radical (unpaired) electrons. The summed E-state index contributed by atoms with van der Waals surface area (Å²) < 4.78 is 4.80. The third kappa shape index (κ3) is 3.19. The summed E-state index contributed by atoms with van der Waals surface area (Å²) >= 11 is 1.33. The van der Waals surface area contributed by atoms with Crippen LogP contribution in [0, 0.1) is 20.8 Å². The van der Waals surface area contributed by atoms with Gasteiger partial charge in [-0.25, -0.2) is 9.78 Å². The average Bonchev–Trinajstić information content (AvgIpc) is 2.90. The Morgan fingerprint density at radius 1 is 1.24 bits per heavy atom. The van der Waals surface area contributed by atoms with Gasteiger partial charge in [-0.2, -0.15) is 0 Å². The van der Waals surface area contributed by atoms with Crippen LogP contribution in [0.3, 0.4) is 0 Å². The molecule has 2 aromatic rings. The number of thiazole rings is 1. The molecule has 0 bridgehead atoms. The molecule has 0 saturated heterocycles. The Morgan fingerprint density at radius 3 is 2.52 bits per heavy atom. The van der Waals surface area contributed by atoms with Crippen molar-refractivity contribution in [2.24, 2.45) is 0 Å². The molecule has 1 aromatic carbocycles. The lowest BCUT2D eigenvalue weighted by atomic mass is 9.94. The van der Waals surface area contributed by atoms with Crippen molar-refractivity contribution in [1.82, 2.24) is 4.98 Å². The van der Waals surface area contributed by atoms with E-state index in [1.807, 2.05) is 32.2 Å². The van der Waals surface area contributed by atoms with E-state index in [0.717, 1.165) is 22.4 Å². The normalized spacial score (nSPS) is 10.5. The lowest BCUT2D eigenvalue weighted by Crippen LogP contribution is -2.13. The highest BCUT2D eigenvalue weighted by Gasteiger charge is 2.19. The zero-order chi connectivity index (χ0) is 15.6. The summed E-state index contributed by atoms with van der Waals surface area (Å²) in [5, 5.41) is 2.32. The molecular weight excluding hydrogens is 286 g/mol. The maximum atomic E-state index is 12.3. The summed E-state index contributed by atoms with van der Waals surface area (Å²) in [5.41, 5.74) is 3.99. The molecule has 0 fully saturated rings. The Balaban J connectivity index is 2.40. The summed E-state index contributed by atoms with van der Waals surface area (Å²) in [6.45, 7) is 5.72. The van der Waals surface area contributed by atoms with Crippen LogP contribution in [0.4, 0.5) is 0 Å². The van der Waals surface area contributed by atoms with Gasteiger partial charge < -0.3 is 4.74 Å². The molecule has 0 N–H and O–H groups in total. The van der Waals surface area contributed by atoms with E-state index in [-0.39, 0.29) is 12.2 Å². The molecule has 0 spiro atoms. The lowest BCUT2D eigenvalue weighted by molar-refractivity contribution is 0.0599. The summed E-state index contributed by atoms with van der Waals surface area (Å²) in [4.78, 5) is 28.4. The van der Waals surface area contributed by atoms with Gasteiger partial charge in [0.2, 0.25) is 0 Å². The number of esters is 1. The highest BCUT2D eigenvalue weighted by atomic mass is 32.1. The maximum Gasteiger partial charge on any atom is 0.338 e. The minimum atomic E-state index is -0.420. The second-order valence-corrected chi connectivity index (χ2v) is 5.78. The quantitative estimate of drug-likeness (QED) is 0.642. The van der Waals surface area contributed by atoms with Crippen LogP contribution in [0.1, 0.15) is 42.5 Å². The van der Waals surface area contributed by atoms with Gasteiger partial charge in [0.15, 0.2) is 10.8 Å². The van der Waals surface area contributed by atoms with Crippen LogP contribution < -0.4 is 0 Å². The average molecular weight is 303 g/mol. The van der Waals surface area contributed by atoms with Crippen LogP contribution in [-0.4, -0.2) is 23.8 Å². The Bertz CT molecular complexity index is 704. The van der Waals surface area contributed by atoms with Crippen LogP contribution >= 0.6 is 11.3 Å². The Morgan fingerprint density at radius 2 is 1.95 bits per heavy atom. The Labute approximate surface area is 127 Å². The van der Waals surface area contributed by atoms with Crippen molar-refractivity contribution in [1.29, 1.82) is 0 Å². The number of methoxy groups -OCH3 is 1. The van der Waals surface area contributed by atoms with Crippen molar-refractivity contribution < 1.29 is 14.3 Å². The molecule has 0 unspecified atom stereocenters. The Hall–Kier alpha value is -2.01. The Kier molecular flexibility index (Phi) is 4.53. The summed E-state index contributed by atoms with van der Waals surface area (Å²) in [7, 11) is 1.34. The third-order valence-corrected chi connectivity index (χ3v) is 4.47. The van der Waals surface area contributed by atoms with Crippen molar-refractivity contribution in [2.45, 2.75) is 27.2 Å². The van der Waals surface area contributed by atoms with Gasteiger partial charge in [-0.3, -0.25) is 4.79 Å². The predicted molar refractivity (Wildman–Crippen MR) is 82.1 cm³/mol. The highest BCUT2D eigenvalue weighted by molar-refractivity contribution is 7.11. The van der Waals surface area contributed by atoms with Crippen LogP contribution in [0.25, 0.3) is 0 Å². The molecule has 110 valence electrons. The minimum absolute atomic E-state index is 0.0769. The smallest absolute Gasteiger partial charge is 0.338 e. The largest absolute Gasteiger partial charge is 0.465 e. The first-order valence-corrected chi connectivity index (χ1v) is 7.44. The fourth-order valence-electron chi connectivity index (χ4n) is 2.12. The van der Waals surface area contributed by atoms with Gasteiger partial charge in [-0.15, -0.1) is 11.3 Å². The van der Waals surface area contributed by atoms with Crippen molar-refractivity contribution in [3.63, 3.8) is 0 Å². The molecule has 0 saturated carbocycles. The molecule has 0 aliphatic carbocycles. The van der Waals surface area contributed by atoms with Gasteiger partial charge in [0, 0.05) is 17.5 Å². The van der Waals surface area contributed by atoms with Gasteiger partial charge in [0.1, 0.15) is 0 Å².